The molecule has 1 aliphatic carbocycles. The summed E-state index contributed by atoms with van der Waals surface area (Å²) >= 11 is 0. The van der Waals surface area contributed by atoms with Gasteiger partial charge in [0.2, 0.25) is 0 Å². The molecule has 1 N–H and O–H groups in total. The van der Waals surface area contributed by atoms with E-state index in [1.807, 2.05) is 6.07 Å². The Kier molecular flexibility index (Phi) is 4.79. The highest BCUT2D eigenvalue weighted by atomic mass is 19.1. The van der Waals surface area contributed by atoms with E-state index >= 15 is 0 Å². The van der Waals surface area contributed by atoms with Crippen molar-refractivity contribution in [1.29, 1.82) is 0 Å². The monoisotopic (exact) mass is 291 g/mol. The summed E-state index contributed by atoms with van der Waals surface area (Å²) in [5.74, 6) is 0.648. The molecule has 0 amide bonds. The molecule has 21 heavy (non-hydrogen) atoms. The van der Waals surface area contributed by atoms with Crippen LogP contribution >= 0.6 is 0 Å². The molecule has 0 radical (unpaired) electrons. The summed E-state index contributed by atoms with van der Waals surface area (Å²) in [6, 6.07) is 4.83. The van der Waals surface area contributed by atoms with Gasteiger partial charge in [0.1, 0.15) is 0 Å². The van der Waals surface area contributed by atoms with Crippen molar-refractivity contribution < 1.29 is 9.50 Å². The van der Waals surface area contributed by atoms with E-state index in [2.05, 4.69) is 4.90 Å². The quantitative estimate of drug-likeness (QED) is 0.898. The van der Waals surface area contributed by atoms with Crippen LogP contribution in [-0.2, 0) is 0 Å². The van der Waals surface area contributed by atoms with Gasteiger partial charge >= 0.3 is 0 Å². The summed E-state index contributed by atoms with van der Waals surface area (Å²) in [7, 11) is 0. The van der Waals surface area contributed by atoms with Crippen LogP contribution in [-0.4, -0.2) is 29.6 Å². The van der Waals surface area contributed by atoms with Gasteiger partial charge in [-0.05, 0) is 68.3 Å². The SMILES string of the molecule is Oc1cc(C2CCN(CC3CCCCC3)CC2)ccc1F. The molecule has 1 aromatic rings. The topological polar surface area (TPSA) is 23.5 Å². The minimum Gasteiger partial charge on any atom is -0.505 e. The minimum atomic E-state index is -0.520. The molecule has 1 aromatic carbocycles. The lowest BCUT2D eigenvalue weighted by Gasteiger charge is -2.35. The Morgan fingerprint density at radius 2 is 1.76 bits per heavy atom. The van der Waals surface area contributed by atoms with E-state index in [-0.39, 0.29) is 5.75 Å². The number of halogens is 1. The molecule has 1 saturated heterocycles. The van der Waals surface area contributed by atoms with Crippen LogP contribution in [0.1, 0.15) is 56.4 Å². The second-order valence-corrected chi connectivity index (χ2v) is 6.79. The van der Waals surface area contributed by atoms with Gasteiger partial charge in [0.15, 0.2) is 11.6 Å². The number of nitrogens with zero attached hydrogens (tertiary/aromatic N) is 1. The third kappa shape index (κ3) is 3.76. The van der Waals surface area contributed by atoms with Gasteiger partial charge in [0, 0.05) is 6.54 Å². The number of aromatic hydroxyl groups is 1. The van der Waals surface area contributed by atoms with Gasteiger partial charge in [0.05, 0.1) is 0 Å². The number of phenolic OH excluding ortho intramolecular Hbond substituents is 1. The zero-order valence-electron chi connectivity index (χ0n) is 12.7. The summed E-state index contributed by atoms with van der Waals surface area (Å²) in [4.78, 5) is 2.61. The number of piperidine rings is 1. The Bertz CT molecular complexity index is 462. The maximum absolute atomic E-state index is 13.1. The van der Waals surface area contributed by atoms with E-state index in [9.17, 15) is 9.50 Å². The molecule has 116 valence electrons. The van der Waals surface area contributed by atoms with Crippen molar-refractivity contribution in [2.45, 2.75) is 50.9 Å². The lowest BCUT2D eigenvalue weighted by Crippen LogP contribution is -2.37. The number of hydrogen-bond donors (Lipinski definition) is 1. The molecular weight excluding hydrogens is 265 g/mol. The first-order chi connectivity index (χ1) is 10.2. The van der Waals surface area contributed by atoms with Crippen LogP contribution in [0.4, 0.5) is 4.39 Å². The summed E-state index contributed by atoms with van der Waals surface area (Å²) in [5, 5.41) is 9.51. The Labute approximate surface area is 127 Å². The predicted molar refractivity (Wildman–Crippen MR) is 83.1 cm³/mol. The van der Waals surface area contributed by atoms with Crippen LogP contribution in [0.25, 0.3) is 0 Å². The number of phenols is 1. The van der Waals surface area contributed by atoms with E-state index in [4.69, 9.17) is 0 Å². The molecule has 2 nitrogen and oxygen atoms in total. The average molecular weight is 291 g/mol. The minimum absolute atomic E-state index is 0.211. The van der Waals surface area contributed by atoms with Crippen LogP contribution in [0, 0.1) is 11.7 Å². The smallest absolute Gasteiger partial charge is 0.164 e. The van der Waals surface area contributed by atoms with Crippen LogP contribution in [0.3, 0.4) is 0 Å². The first-order valence-electron chi connectivity index (χ1n) is 8.43. The Hall–Kier alpha value is -1.09. The zero-order valence-corrected chi connectivity index (χ0v) is 12.7. The fourth-order valence-electron chi connectivity index (χ4n) is 3.97. The van der Waals surface area contributed by atoms with Gasteiger partial charge in [-0.15, -0.1) is 0 Å². The fourth-order valence-corrected chi connectivity index (χ4v) is 3.97. The first-order valence-corrected chi connectivity index (χ1v) is 8.43. The van der Waals surface area contributed by atoms with Crippen LogP contribution in [0.5, 0.6) is 5.75 Å². The van der Waals surface area contributed by atoms with E-state index in [1.54, 1.807) is 6.07 Å². The molecule has 1 aliphatic heterocycles. The van der Waals surface area contributed by atoms with Gasteiger partial charge in [-0.3, -0.25) is 0 Å². The van der Waals surface area contributed by atoms with Crippen molar-refractivity contribution in [3.63, 3.8) is 0 Å². The standard InChI is InChI=1S/C18H26FNO/c19-17-7-6-16(12-18(17)21)15-8-10-20(11-9-15)13-14-4-2-1-3-5-14/h6-7,12,14-15,21H,1-5,8-11,13H2. The zero-order chi connectivity index (χ0) is 14.7. The average Bonchev–Trinajstić information content (AvgIpc) is 2.52. The molecule has 0 bridgehead atoms. The van der Waals surface area contributed by atoms with E-state index in [1.165, 1.54) is 44.7 Å². The summed E-state index contributed by atoms with van der Waals surface area (Å²) in [6.45, 7) is 3.54. The molecule has 1 heterocycles. The van der Waals surface area contributed by atoms with Gasteiger partial charge in [-0.1, -0.05) is 25.3 Å². The fraction of sp³-hybridized carbons (Fsp3) is 0.667. The van der Waals surface area contributed by atoms with Crippen LogP contribution in [0.2, 0.25) is 0 Å². The molecule has 0 atom stereocenters. The maximum Gasteiger partial charge on any atom is 0.164 e. The molecule has 0 spiro atoms. The highest BCUT2D eigenvalue weighted by Gasteiger charge is 2.24. The van der Waals surface area contributed by atoms with E-state index in [0.717, 1.165) is 37.4 Å². The van der Waals surface area contributed by atoms with Gasteiger partial charge in [-0.2, -0.15) is 0 Å². The van der Waals surface area contributed by atoms with Crippen LogP contribution in [0.15, 0.2) is 18.2 Å². The molecule has 0 aromatic heterocycles. The Morgan fingerprint density at radius 3 is 2.43 bits per heavy atom. The predicted octanol–water partition coefficient (Wildman–Crippen LogP) is 4.29. The molecule has 3 heteroatoms. The van der Waals surface area contributed by atoms with Crippen LogP contribution < -0.4 is 0 Å². The summed E-state index contributed by atoms with van der Waals surface area (Å²) in [6.07, 6.45) is 9.31. The molecule has 2 aliphatic rings. The van der Waals surface area contributed by atoms with E-state index < -0.39 is 5.82 Å². The number of rotatable bonds is 3. The summed E-state index contributed by atoms with van der Waals surface area (Å²) < 4.78 is 13.1. The molecule has 3 rings (SSSR count). The lowest BCUT2D eigenvalue weighted by atomic mass is 9.86. The summed E-state index contributed by atoms with van der Waals surface area (Å²) in [5.41, 5.74) is 1.09. The third-order valence-electron chi connectivity index (χ3n) is 5.27. The third-order valence-corrected chi connectivity index (χ3v) is 5.27. The van der Waals surface area contributed by atoms with Gasteiger partial charge in [0.25, 0.3) is 0 Å². The first kappa shape index (κ1) is 14.8. The molecule has 0 unspecified atom stereocenters. The highest BCUT2D eigenvalue weighted by molar-refractivity contribution is 5.31. The second kappa shape index (κ2) is 6.78. The number of hydrogen-bond acceptors (Lipinski definition) is 2. The highest BCUT2D eigenvalue weighted by Crippen LogP contribution is 2.32. The van der Waals surface area contributed by atoms with Gasteiger partial charge < -0.3 is 10.0 Å². The molecule has 2 fully saturated rings. The van der Waals surface area contributed by atoms with Gasteiger partial charge in [-0.25, -0.2) is 4.39 Å². The van der Waals surface area contributed by atoms with E-state index in [0.29, 0.717) is 5.92 Å². The largest absolute Gasteiger partial charge is 0.505 e. The van der Waals surface area contributed by atoms with Crippen molar-refractivity contribution >= 4 is 0 Å². The lowest BCUT2D eigenvalue weighted by molar-refractivity contribution is 0.164. The number of likely N-dealkylation sites (tertiary alicyclic amines) is 1. The van der Waals surface area contributed by atoms with Crippen molar-refractivity contribution in [2.24, 2.45) is 5.92 Å². The van der Waals surface area contributed by atoms with Crippen molar-refractivity contribution in [3.05, 3.63) is 29.6 Å². The maximum atomic E-state index is 13.1. The van der Waals surface area contributed by atoms with Crippen molar-refractivity contribution in [2.75, 3.05) is 19.6 Å². The Morgan fingerprint density at radius 1 is 1.05 bits per heavy atom. The van der Waals surface area contributed by atoms with Crippen molar-refractivity contribution in [1.82, 2.24) is 4.90 Å². The van der Waals surface area contributed by atoms with Crippen molar-refractivity contribution in [3.8, 4) is 5.75 Å². The molecular formula is C18H26FNO. The second-order valence-electron chi connectivity index (χ2n) is 6.79. The number of benzene rings is 1. The normalized spacial score (nSPS) is 22.5. The Balaban J connectivity index is 1.51. The molecule has 1 saturated carbocycles.